The molecule has 0 aromatic heterocycles. The lowest BCUT2D eigenvalue weighted by Crippen LogP contribution is -2.19. The van der Waals surface area contributed by atoms with Gasteiger partial charge in [0, 0.05) is 21.9 Å². The molecule has 1 heterocycles. The van der Waals surface area contributed by atoms with Crippen LogP contribution in [-0.4, -0.2) is 23.5 Å². The molecule has 5 heteroatoms. The number of carbonyl (C=O) groups excluding carboxylic acids is 1. The van der Waals surface area contributed by atoms with Crippen LogP contribution in [0.4, 0.5) is 5.69 Å². The van der Waals surface area contributed by atoms with E-state index in [1.807, 2.05) is 36.9 Å². The van der Waals surface area contributed by atoms with Gasteiger partial charge in [-0.1, -0.05) is 32.0 Å². The fourth-order valence-electron chi connectivity index (χ4n) is 2.39. The second-order valence-electron chi connectivity index (χ2n) is 5.62. The summed E-state index contributed by atoms with van der Waals surface area (Å²) in [6.45, 7) is 9.17. The average Bonchev–Trinajstić information content (AvgIpc) is 2.55. The van der Waals surface area contributed by atoms with E-state index in [0.29, 0.717) is 22.0 Å². The lowest BCUT2D eigenvalue weighted by atomic mass is 10.1. The minimum absolute atomic E-state index is 0.0691. The molecule has 23 heavy (non-hydrogen) atoms. The zero-order valence-electron chi connectivity index (χ0n) is 14.2. The molecule has 1 aromatic carbocycles. The Morgan fingerprint density at radius 3 is 2.83 bits per heavy atom. The minimum Gasteiger partial charge on any atom is -0.496 e. The van der Waals surface area contributed by atoms with Gasteiger partial charge in [-0.15, -0.1) is 11.8 Å². The fourth-order valence-corrected chi connectivity index (χ4v) is 4.45. The number of ether oxygens (including phenoxy) is 1. The molecule has 0 saturated carbocycles. The van der Waals surface area contributed by atoms with Crippen molar-refractivity contribution in [1.82, 2.24) is 0 Å². The summed E-state index contributed by atoms with van der Waals surface area (Å²) < 4.78 is 5.49. The zero-order chi connectivity index (χ0) is 16.8. The molecule has 2 unspecified atom stereocenters. The Hall–Kier alpha value is -1.07. The maximum atomic E-state index is 12.6. The summed E-state index contributed by atoms with van der Waals surface area (Å²) in [4.78, 5) is 13.2. The third kappa shape index (κ3) is 4.95. The highest BCUT2D eigenvalue weighted by Gasteiger charge is 2.21. The van der Waals surface area contributed by atoms with Gasteiger partial charge >= 0.3 is 0 Å². The highest BCUT2D eigenvalue weighted by Crippen LogP contribution is 2.37. The highest BCUT2D eigenvalue weighted by atomic mass is 32.2. The van der Waals surface area contributed by atoms with Crippen LogP contribution in [0, 0.1) is 0 Å². The largest absolute Gasteiger partial charge is 0.496 e. The van der Waals surface area contributed by atoms with Gasteiger partial charge in [0.25, 0.3) is 5.91 Å². The second-order valence-corrected chi connectivity index (χ2v) is 8.51. The van der Waals surface area contributed by atoms with Gasteiger partial charge in [0.1, 0.15) is 10.7 Å². The summed E-state index contributed by atoms with van der Waals surface area (Å²) in [7, 11) is 0. The number of nitrogens with one attached hydrogen (secondary N) is 1. The lowest BCUT2D eigenvalue weighted by Gasteiger charge is -2.21. The molecule has 0 radical (unpaired) electrons. The van der Waals surface area contributed by atoms with Gasteiger partial charge in [0.2, 0.25) is 0 Å². The number of hydrogen-bond donors (Lipinski definition) is 1. The number of para-hydroxylation sites is 1. The molecule has 3 nitrogen and oxygen atoms in total. The van der Waals surface area contributed by atoms with Crippen molar-refractivity contribution in [3.05, 3.63) is 40.5 Å². The van der Waals surface area contributed by atoms with Gasteiger partial charge in [-0.3, -0.25) is 4.79 Å². The number of thioether (sulfide) groups is 2. The van der Waals surface area contributed by atoms with Gasteiger partial charge in [-0.05, 0) is 31.9 Å². The first kappa shape index (κ1) is 18.3. The summed E-state index contributed by atoms with van der Waals surface area (Å²) in [6, 6.07) is 8.07. The SMILES string of the molecule is CCC(C)SC(C)c1ccccc1NC(=O)C1=C(C)OCCS1. The van der Waals surface area contributed by atoms with Crippen molar-refractivity contribution >= 4 is 35.1 Å². The number of carbonyl (C=O) groups is 1. The topological polar surface area (TPSA) is 38.3 Å². The summed E-state index contributed by atoms with van der Waals surface area (Å²) in [5.41, 5.74) is 2.07. The van der Waals surface area contributed by atoms with E-state index in [1.165, 1.54) is 5.56 Å². The monoisotopic (exact) mass is 351 g/mol. The first-order chi connectivity index (χ1) is 11.0. The van der Waals surface area contributed by atoms with Crippen molar-refractivity contribution in [2.45, 2.75) is 44.6 Å². The lowest BCUT2D eigenvalue weighted by molar-refractivity contribution is -0.112. The molecule has 0 bridgehead atoms. The molecule has 0 fully saturated rings. The van der Waals surface area contributed by atoms with Crippen LogP contribution in [0.1, 0.15) is 44.9 Å². The number of benzene rings is 1. The first-order valence-electron chi connectivity index (χ1n) is 8.05. The minimum atomic E-state index is -0.0691. The maximum absolute atomic E-state index is 12.6. The van der Waals surface area contributed by atoms with E-state index < -0.39 is 0 Å². The molecule has 0 aliphatic carbocycles. The van der Waals surface area contributed by atoms with Crippen molar-refractivity contribution in [3.63, 3.8) is 0 Å². The van der Waals surface area contributed by atoms with Crippen LogP contribution >= 0.6 is 23.5 Å². The molecule has 126 valence electrons. The van der Waals surface area contributed by atoms with Gasteiger partial charge in [-0.25, -0.2) is 0 Å². The smallest absolute Gasteiger partial charge is 0.265 e. The Labute approximate surface area is 147 Å². The Morgan fingerprint density at radius 2 is 2.13 bits per heavy atom. The van der Waals surface area contributed by atoms with Crippen molar-refractivity contribution < 1.29 is 9.53 Å². The van der Waals surface area contributed by atoms with Crippen molar-refractivity contribution in [3.8, 4) is 0 Å². The summed E-state index contributed by atoms with van der Waals surface area (Å²) >= 11 is 3.50. The Bertz CT molecular complexity index is 586. The van der Waals surface area contributed by atoms with Crippen molar-refractivity contribution in [1.29, 1.82) is 0 Å². The van der Waals surface area contributed by atoms with Crippen LogP contribution < -0.4 is 5.32 Å². The normalized spacial score (nSPS) is 17.4. The van der Waals surface area contributed by atoms with Gasteiger partial charge in [0.05, 0.1) is 6.61 Å². The molecular formula is C18H25NO2S2. The quantitative estimate of drug-likeness (QED) is 0.763. The summed E-state index contributed by atoms with van der Waals surface area (Å²) in [5.74, 6) is 1.47. The molecule has 1 aromatic rings. The molecule has 0 spiro atoms. The average molecular weight is 352 g/mol. The van der Waals surface area contributed by atoms with E-state index in [1.54, 1.807) is 11.8 Å². The standard InChI is InChI=1S/C18H25NO2S2/c1-5-12(2)23-14(4)15-8-6-7-9-16(15)19-18(20)17-13(3)21-10-11-22-17/h6-9,12,14H,5,10-11H2,1-4H3,(H,19,20). The van der Waals surface area contributed by atoms with E-state index in [-0.39, 0.29) is 5.91 Å². The van der Waals surface area contributed by atoms with Crippen molar-refractivity contribution in [2.24, 2.45) is 0 Å². The third-order valence-electron chi connectivity index (χ3n) is 3.83. The van der Waals surface area contributed by atoms with E-state index in [2.05, 4.69) is 32.2 Å². The number of allylic oxidation sites excluding steroid dienone is 1. The fraction of sp³-hybridized carbons (Fsp3) is 0.500. The Morgan fingerprint density at radius 1 is 1.39 bits per heavy atom. The molecule has 1 aliphatic rings. The van der Waals surface area contributed by atoms with Crippen LogP contribution in [0.2, 0.25) is 0 Å². The first-order valence-corrected chi connectivity index (χ1v) is 9.98. The van der Waals surface area contributed by atoms with E-state index in [4.69, 9.17) is 4.74 Å². The van der Waals surface area contributed by atoms with E-state index in [9.17, 15) is 4.79 Å². The third-order valence-corrected chi connectivity index (χ3v) is 6.43. The van der Waals surface area contributed by atoms with Crippen LogP contribution in [0.5, 0.6) is 0 Å². The second kappa shape index (κ2) is 8.69. The van der Waals surface area contributed by atoms with E-state index in [0.717, 1.165) is 23.6 Å². The van der Waals surface area contributed by atoms with Gasteiger partial charge in [0.15, 0.2) is 0 Å². The van der Waals surface area contributed by atoms with Gasteiger partial charge < -0.3 is 10.1 Å². The molecule has 2 atom stereocenters. The Kier molecular flexibility index (Phi) is 6.90. The predicted octanol–water partition coefficient (Wildman–Crippen LogP) is 5.21. The van der Waals surface area contributed by atoms with Crippen LogP contribution in [-0.2, 0) is 9.53 Å². The molecule has 1 N–H and O–H groups in total. The molecule has 2 rings (SSSR count). The van der Waals surface area contributed by atoms with E-state index >= 15 is 0 Å². The molecule has 0 saturated heterocycles. The maximum Gasteiger partial charge on any atom is 0.265 e. The predicted molar refractivity (Wildman–Crippen MR) is 102 cm³/mol. The Balaban J connectivity index is 2.15. The number of amides is 1. The number of rotatable bonds is 6. The molecular weight excluding hydrogens is 326 g/mol. The van der Waals surface area contributed by atoms with Crippen LogP contribution in [0.15, 0.2) is 34.9 Å². The zero-order valence-corrected chi connectivity index (χ0v) is 15.9. The number of anilines is 1. The number of hydrogen-bond acceptors (Lipinski definition) is 4. The van der Waals surface area contributed by atoms with Crippen molar-refractivity contribution in [2.75, 3.05) is 17.7 Å². The molecule has 1 amide bonds. The van der Waals surface area contributed by atoms with Gasteiger partial charge in [-0.2, -0.15) is 11.8 Å². The molecule has 1 aliphatic heterocycles. The summed E-state index contributed by atoms with van der Waals surface area (Å²) in [5, 5.41) is 4.01. The van der Waals surface area contributed by atoms with Crippen LogP contribution in [0.25, 0.3) is 0 Å². The highest BCUT2D eigenvalue weighted by molar-refractivity contribution is 8.04. The van der Waals surface area contributed by atoms with Crippen LogP contribution in [0.3, 0.4) is 0 Å². The summed E-state index contributed by atoms with van der Waals surface area (Å²) in [6.07, 6.45) is 1.14.